The molecule has 0 spiro atoms. The van der Waals surface area contributed by atoms with Gasteiger partial charge in [-0.05, 0) is 23.6 Å². The van der Waals surface area contributed by atoms with Crippen LogP contribution in [0.5, 0.6) is 0 Å². The zero-order valence-corrected chi connectivity index (χ0v) is 16.6. The van der Waals surface area contributed by atoms with E-state index < -0.39 is 0 Å². The van der Waals surface area contributed by atoms with E-state index >= 15 is 0 Å². The van der Waals surface area contributed by atoms with Crippen LogP contribution in [0.4, 0.5) is 0 Å². The monoisotopic (exact) mass is 386 g/mol. The van der Waals surface area contributed by atoms with Crippen molar-refractivity contribution >= 4 is 0 Å². The highest BCUT2D eigenvalue weighted by atomic mass is 16.1. The number of hydrogen-bond donors (Lipinski definition) is 0. The van der Waals surface area contributed by atoms with E-state index in [1.165, 1.54) is 0 Å². The van der Waals surface area contributed by atoms with Gasteiger partial charge in [0.15, 0.2) is 5.82 Å². The van der Waals surface area contributed by atoms with Gasteiger partial charge in [0, 0.05) is 43.2 Å². The molecule has 7 heteroatoms. The molecule has 4 aromatic rings. The van der Waals surface area contributed by atoms with Crippen molar-refractivity contribution < 1.29 is 0 Å². The summed E-state index contributed by atoms with van der Waals surface area (Å²) < 4.78 is 3.38. The van der Waals surface area contributed by atoms with E-state index in [1.807, 2.05) is 56.8 Å². The number of aromatic nitrogens is 6. The SMILES string of the molecule is CCc1cnc(-c2cccc(C(C)c3nn(-c4cnn(C)c4)ccc3=O)c2)nc1. The molecule has 0 N–H and O–H groups in total. The normalized spacial score (nSPS) is 12.1. The van der Waals surface area contributed by atoms with E-state index in [2.05, 4.69) is 27.1 Å². The molecular weight excluding hydrogens is 364 g/mol. The van der Waals surface area contributed by atoms with E-state index in [0.29, 0.717) is 11.5 Å². The lowest BCUT2D eigenvalue weighted by atomic mass is 9.95. The fourth-order valence-corrected chi connectivity index (χ4v) is 3.18. The summed E-state index contributed by atoms with van der Waals surface area (Å²) in [5.41, 5.74) is 4.20. The molecule has 0 bridgehead atoms. The molecule has 0 saturated heterocycles. The molecule has 3 aromatic heterocycles. The standard InChI is InChI=1S/C22H22N6O/c1-4-16-11-23-22(24-12-16)18-7-5-6-17(10-18)15(2)21-20(29)8-9-28(26-21)19-13-25-27(3)14-19/h5-15H,4H2,1-3H3. The zero-order valence-electron chi connectivity index (χ0n) is 16.6. The minimum atomic E-state index is -0.179. The lowest BCUT2D eigenvalue weighted by Gasteiger charge is -2.13. The van der Waals surface area contributed by atoms with Gasteiger partial charge in [-0.15, -0.1) is 0 Å². The summed E-state index contributed by atoms with van der Waals surface area (Å²) in [5, 5.41) is 8.75. The van der Waals surface area contributed by atoms with Crippen LogP contribution in [0.3, 0.4) is 0 Å². The molecule has 0 radical (unpaired) electrons. The molecule has 0 saturated carbocycles. The third-order valence-electron chi connectivity index (χ3n) is 4.96. The number of aryl methyl sites for hydroxylation is 2. The van der Waals surface area contributed by atoms with E-state index in [4.69, 9.17) is 0 Å². The number of hydrogen-bond acceptors (Lipinski definition) is 5. The summed E-state index contributed by atoms with van der Waals surface area (Å²) in [6.07, 6.45) is 9.83. The van der Waals surface area contributed by atoms with Crippen molar-refractivity contribution in [3.8, 4) is 17.1 Å². The molecule has 7 nitrogen and oxygen atoms in total. The van der Waals surface area contributed by atoms with E-state index in [1.54, 1.807) is 27.8 Å². The first kappa shape index (κ1) is 18.7. The summed E-state index contributed by atoms with van der Waals surface area (Å²) in [5.74, 6) is 0.492. The van der Waals surface area contributed by atoms with Gasteiger partial charge >= 0.3 is 0 Å². The molecule has 0 aliphatic carbocycles. The maximum atomic E-state index is 12.5. The fraction of sp³-hybridized carbons (Fsp3) is 0.227. The molecule has 3 heterocycles. The topological polar surface area (TPSA) is 78.5 Å². The van der Waals surface area contributed by atoms with Crippen LogP contribution in [0.1, 0.15) is 36.6 Å². The van der Waals surface area contributed by atoms with Gasteiger partial charge in [-0.1, -0.05) is 32.0 Å². The molecule has 0 amide bonds. The van der Waals surface area contributed by atoms with Crippen molar-refractivity contribution in [3.63, 3.8) is 0 Å². The van der Waals surface area contributed by atoms with Gasteiger partial charge in [0.05, 0.1) is 12.4 Å². The van der Waals surface area contributed by atoms with Gasteiger partial charge in [-0.3, -0.25) is 9.48 Å². The number of benzene rings is 1. The van der Waals surface area contributed by atoms with Gasteiger partial charge < -0.3 is 0 Å². The average Bonchev–Trinajstić information content (AvgIpc) is 3.20. The van der Waals surface area contributed by atoms with Crippen LogP contribution < -0.4 is 5.43 Å². The van der Waals surface area contributed by atoms with Crippen LogP contribution in [0.2, 0.25) is 0 Å². The minimum Gasteiger partial charge on any atom is -0.288 e. The van der Waals surface area contributed by atoms with Crippen molar-refractivity contribution in [1.29, 1.82) is 0 Å². The Bertz CT molecular complexity index is 1190. The Morgan fingerprint density at radius 1 is 1.10 bits per heavy atom. The Morgan fingerprint density at radius 2 is 1.90 bits per heavy atom. The van der Waals surface area contributed by atoms with E-state index in [-0.39, 0.29) is 11.3 Å². The largest absolute Gasteiger partial charge is 0.288 e. The Balaban J connectivity index is 1.69. The van der Waals surface area contributed by atoms with E-state index in [0.717, 1.165) is 28.8 Å². The van der Waals surface area contributed by atoms with Crippen LogP contribution in [0.25, 0.3) is 17.1 Å². The second-order valence-corrected chi connectivity index (χ2v) is 7.00. The Kier molecular flexibility index (Phi) is 5.03. The summed E-state index contributed by atoms with van der Waals surface area (Å²) in [6.45, 7) is 4.06. The highest BCUT2D eigenvalue weighted by Crippen LogP contribution is 2.25. The zero-order chi connectivity index (χ0) is 20.4. The first-order chi connectivity index (χ1) is 14.0. The van der Waals surface area contributed by atoms with Crippen molar-refractivity contribution in [1.82, 2.24) is 29.5 Å². The Hall–Kier alpha value is -3.61. The second-order valence-electron chi connectivity index (χ2n) is 7.00. The molecule has 4 rings (SSSR count). The number of nitrogens with zero attached hydrogens (tertiary/aromatic N) is 6. The molecule has 0 aliphatic heterocycles. The quantitative estimate of drug-likeness (QED) is 0.526. The molecule has 0 aliphatic rings. The maximum absolute atomic E-state index is 12.5. The summed E-state index contributed by atoms with van der Waals surface area (Å²) in [7, 11) is 1.84. The fourth-order valence-electron chi connectivity index (χ4n) is 3.18. The molecule has 1 unspecified atom stereocenters. The highest BCUT2D eigenvalue weighted by Gasteiger charge is 2.16. The van der Waals surface area contributed by atoms with Crippen molar-refractivity contribution in [2.24, 2.45) is 7.05 Å². The second kappa shape index (κ2) is 7.79. The predicted molar refractivity (Wildman–Crippen MR) is 111 cm³/mol. The average molecular weight is 386 g/mol. The van der Waals surface area contributed by atoms with E-state index in [9.17, 15) is 4.79 Å². The maximum Gasteiger partial charge on any atom is 0.203 e. The van der Waals surface area contributed by atoms with Crippen LogP contribution in [-0.2, 0) is 13.5 Å². The first-order valence-electron chi connectivity index (χ1n) is 9.55. The van der Waals surface area contributed by atoms with Crippen molar-refractivity contribution in [2.75, 3.05) is 0 Å². The molecule has 1 atom stereocenters. The van der Waals surface area contributed by atoms with Gasteiger partial charge in [-0.2, -0.15) is 10.2 Å². The highest BCUT2D eigenvalue weighted by molar-refractivity contribution is 5.56. The summed E-state index contributed by atoms with van der Waals surface area (Å²) in [4.78, 5) is 21.5. The minimum absolute atomic E-state index is 0.0911. The molecule has 29 heavy (non-hydrogen) atoms. The smallest absolute Gasteiger partial charge is 0.203 e. The first-order valence-corrected chi connectivity index (χ1v) is 9.55. The predicted octanol–water partition coefficient (Wildman–Crippen LogP) is 3.14. The van der Waals surface area contributed by atoms with Crippen molar-refractivity contribution in [2.45, 2.75) is 26.2 Å². The van der Waals surface area contributed by atoms with Gasteiger partial charge in [-0.25, -0.2) is 14.6 Å². The Labute approximate surface area is 168 Å². The lowest BCUT2D eigenvalue weighted by Crippen LogP contribution is -2.18. The van der Waals surface area contributed by atoms with Gasteiger partial charge in [0.1, 0.15) is 11.4 Å². The molecular formula is C22H22N6O. The van der Waals surface area contributed by atoms with Crippen molar-refractivity contribution in [3.05, 3.63) is 88.4 Å². The third kappa shape index (κ3) is 3.85. The molecule has 146 valence electrons. The van der Waals surface area contributed by atoms with Gasteiger partial charge in [0.2, 0.25) is 5.43 Å². The summed E-state index contributed by atoms with van der Waals surface area (Å²) in [6, 6.07) is 9.50. The summed E-state index contributed by atoms with van der Waals surface area (Å²) >= 11 is 0. The molecule has 1 aromatic carbocycles. The molecule has 0 fully saturated rings. The van der Waals surface area contributed by atoms with Gasteiger partial charge in [0.25, 0.3) is 0 Å². The van der Waals surface area contributed by atoms with Crippen LogP contribution in [0, 0.1) is 0 Å². The van der Waals surface area contributed by atoms with Crippen LogP contribution >= 0.6 is 0 Å². The van der Waals surface area contributed by atoms with Crippen LogP contribution in [0.15, 0.2) is 66.1 Å². The number of rotatable bonds is 5. The Morgan fingerprint density at radius 3 is 2.59 bits per heavy atom. The third-order valence-corrected chi connectivity index (χ3v) is 4.96. The van der Waals surface area contributed by atoms with Crippen LogP contribution in [-0.4, -0.2) is 29.5 Å². The lowest BCUT2D eigenvalue weighted by molar-refractivity contribution is 0.738.